The normalized spacial score (nSPS) is 11.6. The van der Waals surface area contributed by atoms with E-state index in [0.717, 1.165) is 12.8 Å². The maximum atomic E-state index is 2.47. The maximum Gasteiger partial charge on any atom is 0.0528 e. The standard InChI is InChI=1S/C58H42S10/c1-5-35-9-13-37(14-10-35)39-31-55(67-57(39)53-29-27-51(65-53)49-25-23-47(63-49)45-21-19-43(61-45)41-17-7-33(3)59-41)56-32-40(38-15-11-36(6-2)12-16-38)58(68-56)54-30-28-52(66-54)50-26-24-48(64-50)46-22-20-44(62-46)42-18-8-34(4)60-42/h7-32H,5-6H2,1-4H3. The Hall–Kier alpha value is -4.56. The second-order valence-corrected chi connectivity index (χ2v) is 27.8. The summed E-state index contributed by atoms with van der Waals surface area (Å²) in [6.07, 6.45) is 2.06. The lowest BCUT2D eigenvalue weighted by Gasteiger charge is -2.04. The summed E-state index contributed by atoms with van der Waals surface area (Å²) < 4.78 is 0. The van der Waals surface area contributed by atoms with Gasteiger partial charge in [0.25, 0.3) is 0 Å². The number of hydrogen-bond donors (Lipinski definition) is 0. The molecule has 10 heteroatoms. The van der Waals surface area contributed by atoms with Crippen molar-refractivity contribution in [2.75, 3.05) is 0 Å². The molecule has 0 radical (unpaired) electrons. The largest absolute Gasteiger partial charge is 0.140 e. The highest BCUT2D eigenvalue weighted by Gasteiger charge is 2.22. The maximum absolute atomic E-state index is 2.47. The molecule has 10 heterocycles. The molecule has 10 aromatic heterocycles. The van der Waals surface area contributed by atoms with E-state index in [0.29, 0.717) is 0 Å². The number of rotatable bonds is 13. The van der Waals surface area contributed by atoms with Crippen molar-refractivity contribution >= 4 is 113 Å². The van der Waals surface area contributed by atoms with Crippen LogP contribution in [0.4, 0.5) is 0 Å². The van der Waals surface area contributed by atoms with Gasteiger partial charge in [-0.15, -0.1) is 113 Å². The lowest BCUT2D eigenvalue weighted by atomic mass is 10.0. The Morgan fingerprint density at radius 1 is 0.250 bits per heavy atom. The monoisotopic (exact) mass is 1060 g/mol. The number of thiophene rings is 10. The van der Waals surface area contributed by atoms with Crippen LogP contribution in [0, 0.1) is 13.8 Å². The van der Waals surface area contributed by atoms with Crippen molar-refractivity contribution in [2.45, 2.75) is 40.5 Å². The quantitative estimate of drug-likeness (QED) is 0.108. The SMILES string of the molecule is CCc1ccc(-c2cc(-c3cc(-c4ccc(CC)cc4)c(-c4ccc(-c5ccc(-c6ccc(-c7ccc(C)s7)s6)s5)s4)s3)sc2-c2ccc(-c3ccc(-c4ccc(-c5ccc(C)s5)s4)s3)s2)cc1. The Labute approximate surface area is 438 Å². The molecule has 68 heavy (non-hydrogen) atoms. The minimum atomic E-state index is 1.03. The van der Waals surface area contributed by atoms with Crippen LogP contribution < -0.4 is 0 Å². The third kappa shape index (κ3) is 8.83. The summed E-state index contributed by atoms with van der Waals surface area (Å²) in [4.78, 5) is 26.7. The van der Waals surface area contributed by atoms with Gasteiger partial charge in [0.15, 0.2) is 0 Å². The van der Waals surface area contributed by atoms with Gasteiger partial charge in [-0.05, 0) is 158 Å². The van der Waals surface area contributed by atoms with E-state index in [2.05, 4.69) is 185 Å². The molecule has 334 valence electrons. The van der Waals surface area contributed by atoms with E-state index in [-0.39, 0.29) is 0 Å². The molecule has 0 saturated heterocycles. The Balaban J connectivity index is 0.891. The van der Waals surface area contributed by atoms with E-state index >= 15 is 0 Å². The van der Waals surface area contributed by atoms with Gasteiger partial charge in [0.2, 0.25) is 0 Å². The third-order valence-corrected chi connectivity index (χ3v) is 24.6. The molecule has 0 spiro atoms. The van der Waals surface area contributed by atoms with Gasteiger partial charge in [-0.1, -0.05) is 62.4 Å². The molecule has 0 atom stereocenters. The first kappa shape index (κ1) is 44.6. The zero-order chi connectivity index (χ0) is 45.9. The Bertz CT molecular complexity index is 3430. The number of hydrogen-bond acceptors (Lipinski definition) is 10. The lowest BCUT2D eigenvalue weighted by Crippen LogP contribution is -1.81. The minimum Gasteiger partial charge on any atom is -0.140 e. The van der Waals surface area contributed by atoms with E-state index in [1.54, 1.807) is 0 Å². The second kappa shape index (κ2) is 19.0. The summed E-state index contributed by atoms with van der Waals surface area (Å²) in [5.41, 5.74) is 7.88. The van der Waals surface area contributed by atoms with Crippen LogP contribution >= 0.6 is 113 Å². The molecule has 12 aromatic rings. The molecular weight excluding hydrogens is 1020 g/mol. The van der Waals surface area contributed by atoms with E-state index in [4.69, 9.17) is 0 Å². The van der Waals surface area contributed by atoms with Gasteiger partial charge in [0.05, 0.1) is 9.75 Å². The zero-order valence-electron chi connectivity index (χ0n) is 37.5. The van der Waals surface area contributed by atoms with Gasteiger partial charge >= 0.3 is 0 Å². The summed E-state index contributed by atoms with van der Waals surface area (Å²) in [5, 5.41) is 0. The fourth-order valence-electron chi connectivity index (χ4n) is 8.39. The fraction of sp³-hybridized carbons (Fsp3) is 0.103. The van der Waals surface area contributed by atoms with Crippen LogP contribution in [0.15, 0.2) is 158 Å². The van der Waals surface area contributed by atoms with Crippen LogP contribution in [-0.2, 0) is 12.8 Å². The van der Waals surface area contributed by atoms with Gasteiger partial charge in [-0.2, -0.15) is 0 Å². The second-order valence-electron chi connectivity index (χ2n) is 16.6. The van der Waals surface area contributed by atoms with E-state index in [1.165, 1.54) is 131 Å². The predicted molar refractivity (Wildman–Crippen MR) is 313 cm³/mol. The highest BCUT2D eigenvalue weighted by Crippen LogP contribution is 2.53. The van der Waals surface area contributed by atoms with Crippen LogP contribution in [0.1, 0.15) is 34.7 Å². The topological polar surface area (TPSA) is 0 Å². The first-order valence-corrected chi connectivity index (χ1v) is 30.7. The molecule has 2 aromatic carbocycles. The molecule has 0 N–H and O–H groups in total. The molecule has 12 rings (SSSR count). The number of benzene rings is 2. The highest BCUT2D eigenvalue weighted by atomic mass is 32.1. The van der Waals surface area contributed by atoms with Crippen molar-refractivity contribution in [2.24, 2.45) is 0 Å². The Kier molecular flexibility index (Phi) is 12.5. The van der Waals surface area contributed by atoms with E-state index < -0.39 is 0 Å². The fourth-order valence-corrected chi connectivity index (χ4v) is 19.4. The molecule has 0 saturated carbocycles. The van der Waals surface area contributed by atoms with E-state index in [9.17, 15) is 0 Å². The molecule has 0 fully saturated rings. The van der Waals surface area contributed by atoms with Crippen LogP contribution in [0.3, 0.4) is 0 Å². The van der Waals surface area contributed by atoms with Crippen molar-refractivity contribution in [3.63, 3.8) is 0 Å². The van der Waals surface area contributed by atoms with Crippen molar-refractivity contribution < 1.29 is 0 Å². The molecule has 0 aliphatic carbocycles. The molecule has 0 aliphatic rings. The molecule has 0 bridgehead atoms. The Morgan fingerprint density at radius 3 is 0.765 bits per heavy atom. The zero-order valence-corrected chi connectivity index (χ0v) is 45.7. The van der Waals surface area contributed by atoms with Crippen molar-refractivity contribution in [3.05, 3.63) is 179 Å². The van der Waals surface area contributed by atoms with E-state index in [1.807, 2.05) is 113 Å². The van der Waals surface area contributed by atoms with Crippen LogP contribution in [-0.4, -0.2) is 0 Å². The molecule has 0 aliphatic heterocycles. The highest BCUT2D eigenvalue weighted by molar-refractivity contribution is 7.32. The van der Waals surface area contributed by atoms with Gasteiger partial charge in [-0.3, -0.25) is 0 Å². The van der Waals surface area contributed by atoms with Crippen molar-refractivity contribution in [3.8, 4) is 110 Å². The average molecular weight is 1060 g/mol. The minimum absolute atomic E-state index is 1.03. The van der Waals surface area contributed by atoms with Gasteiger partial charge in [0.1, 0.15) is 0 Å². The first-order chi connectivity index (χ1) is 33.3. The lowest BCUT2D eigenvalue weighted by molar-refractivity contribution is 1.14. The average Bonchev–Trinajstić information content (AvgIpc) is 4.20. The Morgan fingerprint density at radius 2 is 0.500 bits per heavy atom. The van der Waals surface area contributed by atoms with Crippen LogP contribution in [0.25, 0.3) is 110 Å². The summed E-state index contributed by atoms with van der Waals surface area (Å²) in [5.74, 6) is 0. The first-order valence-electron chi connectivity index (χ1n) is 22.5. The summed E-state index contributed by atoms with van der Waals surface area (Å²) >= 11 is 19.1. The van der Waals surface area contributed by atoms with Gasteiger partial charge < -0.3 is 0 Å². The summed E-state index contributed by atoms with van der Waals surface area (Å²) in [7, 11) is 0. The number of aryl methyl sites for hydroxylation is 4. The summed E-state index contributed by atoms with van der Waals surface area (Å²) in [6, 6.07) is 60.2. The molecular formula is C58H42S10. The van der Waals surface area contributed by atoms with Crippen LogP contribution in [0.5, 0.6) is 0 Å². The van der Waals surface area contributed by atoms with Crippen molar-refractivity contribution in [1.29, 1.82) is 0 Å². The van der Waals surface area contributed by atoms with Gasteiger partial charge in [0, 0.05) is 98.9 Å². The molecule has 0 nitrogen and oxygen atoms in total. The third-order valence-electron chi connectivity index (χ3n) is 12.1. The van der Waals surface area contributed by atoms with Crippen molar-refractivity contribution in [1.82, 2.24) is 0 Å². The molecule has 0 amide bonds. The smallest absolute Gasteiger partial charge is 0.0528 e. The molecule has 0 unspecified atom stereocenters. The predicted octanol–water partition coefficient (Wildman–Crippen LogP) is 22.4. The van der Waals surface area contributed by atoms with Gasteiger partial charge in [-0.25, -0.2) is 0 Å². The summed E-state index contributed by atoms with van der Waals surface area (Å²) in [6.45, 7) is 8.84. The van der Waals surface area contributed by atoms with Crippen LogP contribution in [0.2, 0.25) is 0 Å².